The van der Waals surface area contributed by atoms with E-state index in [2.05, 4.69) is 5.43 Å². The Hall–Kier alpha value is -1.16. The molecule has 0 aromatic carbocycles. The molecule has 4 heteroatoms. The molecule has 0 amide bonds. The van der Waals surface area contributed by atoms with Gasteiger partial charge >= 0.3 is 0 Å². The van der Waals surface area contributed by atoms with Crippen LogP contribution in [-0.2, 0) is 4.84 Å². The minimum atomic E-state index is 1.05. The number of rotatable bonds is 1. The monoisotopic (exact) mass is 154 g/mol. The lowest BCUT2D eigenvalue weighted by molar-refractivity contribution is 0.224. The Bertz CT molecular complexity index is 224. The van der Waals surface area contributed by atoms with Crippen LogP contribution in [0.1, 0.15) is 0 Å². The summed E-state index contributed by atoms with van der Waals surface area (Å²) in [6.07, 6.45) is 3.33. The first-order valence-electron chi connectivity index (χ1n) is 2.88. The molecule has 1 N–H and O–H groups in total. The van der Waals surface area contributed by atoms with Crippen LogP contribution >= 0.6 is 11.3 Å². The second-order valence-electron chi connectivity index (χ2n) is 1.78. The van der Waals surface area contributed by atoms with Crippen molar-refractivity contribution in [1.82, 2.24) is 5.43 Å². The summed E-state index contributed by atoms with van der Waals surface area (Å²) in [5.74, 6) is 0. The zero-order chi connectivity index (χ0) is 6.81. The molecule has 3 nitrogen and oxygen atoms in total. The Kier molecular flexibility index (Phi) is 1.25. The highest BCUT2D eigenvalue weighted by Crippen LogP contribution is 2.20. The van der Waals surface area contributed by atoms with Crippen LogP contribution in [0.2, 0.25) is 0 Å². The fourth-order valence-electron chi connectivity index (χ4n) is 0.721. The first kappa shape index (κ1) is 5.61. The summed E-state index contributed by atoms with van der Waals surface area (Å²) in [6, 6.07) is 3.95. The normalized spacial score (nSPS) is 15.0. The molecule has 1 aliphatic rings. The van der Waals surface area contributed by atoms with Crippen LogP contribution in [0.3, 0.4) is 0 Å². The standard InChI is InChI=1S/C6H6N2OS/c1-2-6(10-5-1)8-7-3-4-9-8/h1-5,7H. The topological polar surface area (TPSA) is 24.5 Å². The smallest absolute Gasteiger partial charge is 0.152 e. The van der Waals surface area contributed by atoms with Gasteiger partial charge in [0.1, 0.15) is 6.26 Å². The van der Waals surface area contributed by atoms with Crippen molar-refractivity contribution in [2.24, 2.45) is 0 Å². The van der Waals surface area contributed by atoms with E-state index < -0.39 is 0 Å². The molecule has 2 rings (SSSR count). The van der Waals surface area contributed by atoms with E-state index in [0.717, 1.165) is 5.00 Å². The molecule has 52 valence electrons. The van der Waals surface area contributed by atoms with Gasteiger partial charge in [-0.2, -0.15) is 0 Å². The molecule has 0 bridgehead atoms. The predicted octanol–water partition coefficient (Wildman–Crippen LogP) is 1.48. The third-order valence-corrected chi connectivity index (χ3v) is 1.97. The van der Waals surface area contributed by atoms with Gasteiger partial charge in [0.05, 0.1) is 6.20 Å². The lowest BCUT2D eigenvalue weighted by Crippen LogP contribution is -2.26. The Morgan fingerprint density at radius 3 is 3.20 bits per heavy atom. The van der Waals surface area contributed by atoms with Crippen molar-refractivity contribution >= 4 is 16.3 Å². The van der Waals surface area contributed by atoms with Crippen LogP contribution in [0.15, 0.2) is 30.0 Å². The van der Waals surface area contributed by atoms with Gasteiger partial charge in [-0.3, -0.25) is 5.43 Å². The maximum absolute atomic E-state index is 5.05. The molecule has 0 radical (unpaired) electrons. The largest absolute Gasteiger partial charge is 0.365 e. The maximum atomic E-state index is 5.05. The van der Waals surface area contributed by atoms with Crippen LogP contribution in [0, 0.1) is 0 Å². The van der Waals surface area contributed by atoms with Crippen LogP contribution in [0.4, 0.5) is 5.00 Å². The van der Waals surface area contributed by atoms with Crippen molar-refractivity contribution in [3.05, 3.63) is 30.0 Å². The summed E-state index contributed by atoms with van der Waals surface area (Å²) < 4.78 is 0. The lowest BCUT2D eigenvalue weighted by atomic mass is 10.6. The Balaban J connectivity index is 2.14. The number of nitrogens with one attached hydrogen (secondary N) is 1. The highest BCUT2D eigenvalue weighted by atomic mass is 32.1. The number of nitrogens with zero attached hydrogens (tertiary/aromatic N) is 1. The first-order valence-corrected chi connectivity index (χ1v) is 3.76. The van der Waals surface area contributed by atoms with E-state index in [4.69, 9.17) is 4.84 Å². The quantitative estimate of drug-likeness (QED) is 0.663. The molecule has 1 aliphatic heterocycles. The molecule has 0 aliphatic carbocycles. The van der Waals surface area contributed by atoms with Crippen LogP contribution in [0.5, 0.6) is 0 Å². The number of thiophene rings is 1. The molecule has 0 unspecified atom stereocenters. The highest BCUT2D eigenvalue weighted by molar-refractivity contribution is 7.14. The average Bonchev–Trinajstić information content (AvgIpc) is 2.59. The van der Waals surface area contributed by atoms with Gasteiger partial charge in [-0.1, -0.05) is 0 Å². The van der Waals surface area contributed by atoms with E-state index in [-0.39, 0.29) is 0 Å². The third kappa shape index (κ3) is 0.823. The summed E-state index contributed by atoms with van der Waals surface area (Å²) in [7, 11) is 0. The summed E-state index contributed by atoms with van der Waals surface area (Å²) in [5.41, 5.74) is 2.90. The number of hydrogen-bond donors (Lipinski definition) is 1. The van der Waals surface area contributed by atoms with Gasteiger partial charge in [-0.15, -0.1) is 16.5 Å². The molecule has 0 fully saturated rings. The second-order valence-corrected chi connectivity index (χ2v) is 2.71. The van der Waals surface area contributed by atoms with Gasteiger partial charge in [-0.05, 0) is 17.5 Å². The third-order valence-electron chi connectivity index (χ3n) is 1.13. The Labute approximate surface area is 62.5 Å². The van der Waals surface area contributed by atoms with Gasteiger partial charge < -0.3 is 4.84 Å². The number of hydrogen-bond acceptors (Lipinski definition) is 4. The van der Waals surface area contributed by atoms with Crippen molar-refractivity contribution in [2.75, 3.05) is 5.17 Å². The molecule has 0 saturated carbocycles. The van der Waals surface area contributed by atoms with Crippen molar-refractivity contribution < 1.29 is 4.84 Å². The number of anilines is 1. The Morgan fingerprint density at radius 1 is 1.60 bits per heavy atom. The lowest BCUT2D eigenvalue weighted by Gasteiger charge is -2.12. The summed E-state index contributed by atoms with van der Waals surface area (Å²) in [5, 5.41) is 4.65. The molecular formula is C6H6N2OS. The fourth-order valence-corrected chi connectivity index (χ4v) is 1.37. The second kappa shape index (κ2) is 2.22. The molecule has 10 heavy (non-hydrogen) atoms. The molecule has 1 aromatic heterocycles. The van der Waals surface area contributed by atoms with E-state index in [1.807, 2.05) is 17.5 Å². The van der Waals surface area contributed by atoms with Gasteiger partial charge in [0.25, 0.3) is 0 Å². The van der Waals surface area contributed by atoms with Gasteiger partial charge in [0, 0.05) is 0 Å². The minimum absolute atomic E-state index is 1.05. The van der Waals surface area contributed by atoms with E-state index in [1.165, 1.54) is 0 Å². The van der Waals surface area contributed by atoms with Crippen LogP contribution < -0.4 is 10.6 Å². The zero-order valence-electron chi connectivity index (χ0n) is 5.15. The predicted molar refractivity (Wildman–Crippen MR) is 40.2 cm³/mol. The van der Waals surface area contributed by atoms with Gasteiger partial charge in [0.15, 0.2) is 5.00 Å². The molecule has 0 spiro atoms. The van der Waals surface area contributed by atoms with Crippen LogP contribution in [-0.4, -0.2) is 0 Å². The molecule has 1 aromatic rings. The van der Waals surface area contributed by atoms with Crippen molar-refractivity contribution in [3.8, 4) is 0 Å². The van der Waals surface area contributed by atoms with Crippen LogP contribution in [0.25, 0.3) is 0 Å². The van der Waals surface area contributed by atoms with Crippen molar-refractivity contribution in [2.45, 2.75) is 0 Å². The molecule has 0 atom stereocenters. The zero-order valence-corrected chi connectivity index (χ0v) is 5.97. The van der Waals surface area contributed by atoms with E-state index in [0.29, 0.717) is 0 Å². The van der Waals surface area contributed by atoms with E-state index >= 15 is 0 Å². The summed E-state index contributed by atoms with van der Waals surface area (Å²) in [6.45, 7) is 0. The molecule has 0 saturated heterocycles. The molecule has 2 heterocycles. The van der Waals surface area contributed by atoms with Gasteiger partial charge in [0.2, 0.25) is 0 Å². The minimum Gasteiger partial charge on any atom is -0.365 e. The van der Waals surface area contributed by atoms with Gasteiger partial charge in [-0.25, -0.2) is 0 Å². The Morgan fingerprint density at radius 2 is 2.60 bits per heavy atom. The van der Waals surface area contributed by atoms with E-state index in [1.54, 1.807) is 29.0 Å². The first-order chi connectivity index (χ1) is 4.97. The highest BCUT2D eigenvalue weighted by Gasteiger charge is 2.07. The van der Waals surface area contributed by atoms with Crippen molar-refractivity contribution in [3.63, 3.8) is 0 Å². The SMILES string of the molecule is C1=CON(c2cccs2)N1. The maximum Gasteiger partial charge on any atom is 0.152 e. The van der Waals surface area contributed by atoms with Crippen molar-refractivity contribution in [1.29, 1.82) is 0 Å². The fraction of sp³-hybridized carbons (Fsp3) is 0. The number of hydrazine groups is 1. The summed E-state index contributed by atoms with van der Waals surface area (Å²) >= 11 is 1.62. The molecular weight excluding hydrogens is 148 g/mol. The van der Waals surface area contributed by atoms with E-state index in [9.17, 15) is 0 Å². The average molecular weight is 154 g/mol. The summed E-state index contributed by atoms with van der Waals surface area (Å²) in [4.78, 5) is 5.05.